The van der Waals surface area contributed by atoms with E-state index in [0.717, 1.165) is 23.6 Å². The van der Waals surface area contributed by atoms with E-state index in [1.165, 1.54) is 11.1 Å². The summed E-state index contributed by atoms with van der Waals surface area (Å²) < 4.78 is 1.90. The molecular weight excluding hydrogens is 316 g/mol. The van der Waals surface area contributed by atoms with Gasteiger partial charge in [0.2, 0.25) is 0 Å². The third-order valence-corrected chi connectivity index (χ3v) is 3.91. The molecule has 2 aromatic carbocycles. The van der Waals surface area contributed by atoms with E-state index in [1.54, 1.807) is 0 Å². The van der Waals surface area contributed by atoms with Crippen molar-refractivity contribution in [3.63, 3.8) is 0 Å². The van der Waals surface area contributed by atoms with E-state index >= 15 is 0 Å². The maximum absolute atomic E-state index is 5.36. The zero-order valence-corrected chi connectivity index (χ0v) is 14.6. The lowest BCUT2D eigenvalue weighted by Gasteiger charge is -2.10. The van der Waals surface area contributed by atoms with Crippen molar-refractivity contribution in [3.8, 4) is 0 Å². The lowest BCUT2D eigenvalue weighted by atomic mass is 10.1. The molecule has 122 valence electrons. The molecule has 1 aromatic heterocycles. The van der Waals surface area contributed by atoms with Crippen molar-refractivity contribution in [1.29, 1.82) is 0 Å². The summed E-state index contributed by atoms with van der Waals surface area (Å²) in [5, 5.41) is 11.4. The first kappa shape index (κ1) is 16.2. The van der Waals surface area contributed by atoms with Crippen LogP contribution in [0.3, 0.4) is 0 Å². The molecule has 4 nitrogen and oxygen atoms in total. The van der Waals surface area contributed by atoms with E-state index in [0.29, 0.717) is 5.11 Å². The Morgan fingerprint density at radius 1 is 1.04 bits per heavy atom. The van der Waals surface area contributed by atoms with Gasteiger partial charge in [-0.25, -0.2) is 0 Å². The van der Waals surface area contributed by atoms with Crippen LogP contribution >= 0.6 is 12.2 Å². The average Bonchev–Trinajstić information content (AvgIpc) is 2.96. The predicted molar refractivity (Wildman–Crippen MR) is 104 cm³/mol. The smallest absolute Gasteiger partial charge is 0.176 e. The Hall–Kier alpha value is -2.66. The Labute approximate surface area is 147 Å². The van der Waals surface area contributed by atoms with Gasteiger partial charge in [0.15, 0.2) is 10.9 Å². The Bertz CT molecular complexity index is 854. The highest BCUT2D eigenvalue weighted by molar-refractivity contribution is 7.80. The molecule has 0 fully saturated rings. The highest BCUT2D eigenvalue weighted by Crippen LogP contribution is 2.14. The number of hydrogen-bond donors (Lipinski definition) is 2. The molecule has 0 saturated carbocycles. The first-order valence-corrected chi connectivity index (χ1v) is 8.23. The van der Waals surface area contributed by atoms with E-state index in [1.807, 2.05) is 48.1 Å². The van der Waals surface area contributed by atoms with Crippen molar-refractivity contribution in [2.45, 2.75) is 20.4 Å². The number of hydrogen-bond acceptors (Lipinski definition) is 2. The fourth-order valence-corrected chi connectivity index (χ4v) is 2.71. The van der Waals surface area contributed by atoms with Crippen molar-refractivity contribution < 1.29 is 0 Å². The fourth-order valence-electron chi connectivity index (χ4n) is 2.50. The van der Waals surface area contributed by atoms with E-state index in [-0.39, 0.29) is 0 Å². The van der Waals surface area contributed by atoms with Gasteiger partial charge in [0.05, 0.1) is 6.54 Å². The molecule has 5 heteroatoms. The minimum atomic E-state index is 0.533. The molecule has 0 radical (unpaired) electrons. The average molecular weight is 336 g/mol. The van der Waals surface area contributed by atoms with Gasteiger partial charge >= 0.3 is 0 Å². The van der Waals surface area contributed by atoms with Gasteiger partial charge in [0.1, 0.15) is 0 Å². The second-order valence-electron chi connectivity index (χ2n) is 5.78. The normalized spacial score (nSPS) is 10.4. The molecular formula is C19H20N4S. The van der Waals surface area contributed by atoms with E-state index in [2.05, 4.69) is 46.9 Å². The number of benzene rings is 2. The second kappa shape index (κ2) is 7.27. The maximum Gasteiger partial charge on any atom is 0.176 e. The molecule has 0 saturated heterocycles. The number of para-hydroxylation sites is 1. The van der Waals surface area contributed by atoms with Gasteiger partial charge in [0.25, 0.3) is 0 Å². The molecule has 0 unspecified atom stereocenters. The highest BCUT2D eigenvalue weighted by atomic mass is 32.1. The number of aryl methyl sites for hydroxylation is 2. The monoisotopic (exact) mass is 336 g/mol. The SMILES string of the molecule is Cc1cccc(Cn2ccc(NC(=S)Nc3ccccc3C)n2)c1. The van der Waals surface area contributed by atoms with Gasteiger partial charge in [-0.1, -0.05) is 48.0 Å². The second-order valence-corrected chi connectivity index (χ2v) is 6.19. The quantitative estimate of drug-likeness (QED) is 0.695. The van der Waals surface area contributed by atoms with Crippen LogP contribution < -0.4 is 10.6 Å². The minimum absolute atomic E-state index is 0.533. The summed E-state index contributed by atoms with van der Waals surface area (Å²) in [7, 11) is 0. The molecule has 2 N–H and O–H groups in total. The number of aromatic nitrogens is 2. The van der Waals surface area contributed by atoms with Gasteiger partial charge in [-0.15, -0.1) is 0 Å². The van der Waals surface area contributed by atoms with Crippen molar-refractivity contribution in [1.82, 2.24) is 9.78 Å². The van der Waals surface area contributed by atoms with E-state index in [9.17, 15) is 0 Å². The summed E-state index contributed by atoms with van der Waals surface area (Å²) in [4.78, 5) is 0. The van der Waals surface area contributed by atoms with Gasteiger partial charge in [-0.2, -0.15) is 5.10 Å². The van der Waals surface area contributed by atoms with Gasteiger partial charge in [0, 0.05) is 18.0 Å². The highest BCUT2D eigenvalue weighted by Gasteiger charge is 2.04. The molecule has 1 heterocycles. The Morgan fingerprint density at radius 2 is 1.88 bits per heavy atom. The molecule has 0 atom stereocenters. The number of rotatable bonds is 4. The molecule has 0 bridgehead atoms. The van der Waals surface area contributed by atoms with Crippen molar-refractivity contribution in [2.24, 2.45) is 0 Å². The molecule has 0 aliphatic rings. The molecule has 0 aliphatic heterocycles. The van der Waals surface area contributed by atoms with Crippen LogP contribution in [0.1, 0.15) is 16.7 Å². The zero-order valence-electron chi connectivity index (χ0n) is 13.8. The number of thiocarbonyl (C=S) groups is 1. The van der Waals surface area contributed by atoms with Crippen molar-refractivity contribution in [2.75, 3.05) is 10.6 Å². The van der Waals surface area contributed by atoms with Crippen LogP contribution in [0.25, 0.3) is 0 Å². The zero-order chi connectivity index (χ0) is 16.9. The topological polar surface area (TPSA) is 41.9 Å². The summed E-state index contributed by atoms with van der Waals surface area (Å²) in [6, 6.07) is 18.4. The van der Waals surface area contributed by atoms with Crippen LogP contribution in [0.15, 0.2) is 60.8 Å². The summed E-state index contributed by atoms with van der Waals surface area (Å²) >= 11 is 5.36. The first-order valence-electron chi connectivity index (χ1n) is 7.83. The van der Waals surface area contributed by atoms with Crippen LogP contribution in [0, 0.1) is 13.8 Å². The largest absolute Gasteiger partial charge is 0.332 e. The van der Waals surface area contributed by atoms with Crippen LogP contribution in [-0.4, -0.2) is 14.9 Å². The summed E-state index contributed by atoms with van der Waals surface area (Å²) in [6.07, 6.45) is 1.95. The predicted octanol–water partition coefficient (Wildman–Crippen LogP) is 4.36. The minimum Gasteiger partial charge on any atom is -0.332 e. The number of nitrogens with zero attached hydrogens (tertiary/aromatic N) is 2. The van der Waals surface area contributed by atoms with Crippen LogP contribution in [0.2, 0.25) is 0 Å². The Kier molecular flexibility index (Phi) is 4.91. The Morgan fingerprint density at radius 3 is 2.67 bits per heavy atom. The summed E-state index contributed by atoms with van der Waals surface area (Å²) in [5.74, 6) is 0.730. The molecule has 0 spiro atoms. The van der Waals surface area contributed by atoms with Crippen molar-refractivity contribution >= 4 is 28.8 Å². The number of nitrogens with one attached hydrogen (secondary N) is 2. The van der Waals surface area contributed by atoms with Gasteiger partial charge in [-0.05, 0) is 43.3 Å². The van der Waals surface area contributed by atoms with Crippen molar-refractivity contribution in [3.05, 3.63) is 77.5 Å². The third-order valence-electron chi connectivity index (χ3n) is 3.70. The maximum atomic E-state index is 5.36. The molecule has 0 aliphatic carbocycles. The van der Waals surface area contributed by atoms with Crippen LogP contribution in [-0.2, 0) is 6.54 Å². The third kappa shape index (κ3) is 4.20. The number of anilines is 2. The van der Waals surface area contributed by atoms with E-state index < -0.39 is 0 Å². The summed E-state index contributed by atoms with van der Waals surface area (Å²) in [6.45, 7) is 4.87. The Balaban J connectivity index is 1.61. The van der Waals surface area contributed by atoms with Gasteiger partial charge in [-0.3, -0.25) is 4.68 Å². The lowest BCUT2D eigenvalue weighted by Crippen LogP contribution is -2.20. The van der Waals surface area contributed by atoms with Gasteiger partial charge < -0.3 is 10.6 Å². The molecule has 0 amide bonds. The molecule has 3 aromatic rings. The standard InChI is InChI=1S/C19H20N4S/c1-14-6-5-8-16(12-14)13-23-11-10-18(22-23)21-19(24)20-17-9-4-3-7-15(17)2/h3-12H,13H2,1-2H3,(H2,20,21,22,24). The van der Waals surface area contributed by atoms with Crippen LogP contribution in [0.4, 0.5) is 11.5 Å². The molecule has 3 rings (SSSR count). The summed E-state index contributed by atoms with van der Waals surface area (Å²) in [5.41, 5.74) is 4.62. The van der Waals surface area contributed by atoms with E-state index in [4.69, 9.17) is 12.2 Å². The molecule has 24 heavy (non-hydrogen) atoms. The van der Waals surface area contributed by atoms with Crippen LogP contribution in [0.5, 0.6) is 0 Å². The fraction of sp³-hybridized carbons (Fsp3) is 0.158. The first-order chi connectivity index (χ1) is 11.6. The lowest BCUT2D eigenvalue weighted by molar-refractivity contribution is 0.689.